The van der Waals surface area contributed by atoms with E-state index in [1.54, 1.807) is 6.92 Å². The summed E-state index contributed by atoms with van der Waals surface area (Å²) in [5.74, 6) is -0.273. The van der Waals surface area contributed by atoms with Gasteiger partial charge < -0.3 is 4.84 Å². The molecule has 0 aromatic heterocycles. The summed E-state index contributed by atoms with van der Waals surface area (Å²) in [6, 6.07) is 9.19. The van der Waals surface area contributed by atoms with Gasteiger partial charge in [-0.15, -0.1) is 0 Å². The van der Waals surface area contributed by atoms with Crippen molar-refractivity contribution in [3.8, 4) is 0 Å². The number of para-hydroxylation sites is 1. The Kier molecular flexibility index (Phi) is 2.68. The third-order valence-corrected chi connectivity index (χ3v) is 2.17. The van der Waals surface area contributed by atoms with E-state index in [-0.39, 0.29) is 11.6 Å². The molecule has 1 aromatic rings. The van der Waals surface area contributed by atoms with E-state index >= 15 is 0 Å². The van der Waals surface area contributed by atoms with Gasteiger partial charge in [-0.05, 0) is 19.1 Å². The SMILES string of the molecule is CON=C1C(=O)N(c2ccccc2)N=C1C. The van der Waals surface area contributed by atoms with E-state index in [1.165, 1.54) is 12.1 Å². The zero-order valence-electron chi connectivity index (χ0n) is 9.04. The number of anilines is 1. The molecular weight excluding hydrogens is 206 g/mol. The molecule has 0 radical (unpaired) electrons. The molecule has 0 saturated heterocycles. The van der Waals surface area contributed by atoms with Gasteiger partial charge in [0.1, 0.15) is 7.11 Å². The molecular formula is C11H11N3O2. The topological polar surface area (TPSA) is 54.3 Å². The van der Waals surface area contributed by atoms with Crippen LogP contribution in [0.5, 0.6) is 0 Å². The van der Waals surface area contributed by atoms with Crippen LogP contribution in [0.4, 0.5) is 5.69 Å². The van der Waals surface area contributed by atoms with Gasteiger partial charge >= 0.3 is 5.91 Å². The first-order valence-electron chi connectivity index (χ1n) is 4.80. The van der Waals surface area contributed by atoms with Gasteiger partial charge in [-0.2, -0.15) is 10.1 Å². The number of rotatable bonds is 2. The summed E-state index contributed by atoms with van der Waals surface area (Å²) in [4.78, 5) is 16.5. The standard InChI is InChI=1S/C11H11N3O2/c1-8-10(13-16-2)11(15)14(12-8)9-6-4-3-5-7-9/h3-7H,1-2H3. The first-order valence-corrected chi connectivity index (χ1v) is 4.80. The van der Waals surface area contributed by atoms with E-state index in [9.17, 15) is 4.79 Å². The molecule has 0 spiro atoms. The van der Waals surface area contributed by atoms with Crippen molar-refractivity contribution in [1.29, 1.82) is 0 Å². The van der Waals surface area contributed by atoms with Crippen LogP contribution in [0.15, 0.2) is 40.6 Å². The molecule has 5 heteroatoms. The summed E-state index contributed by atoms with van der Waals surface area (Å²) in [6.07, 6.45) is 0. The molecule has 0 unspecified atom stereocenters. The highest BCUT2D eigenvalue weighted by Gasteiger charge is 2.30. The fourth-order valence-electron chi connectivity index (χ4n) is 1.44. The fraction of sp³-hybridized carbons (Fsp3) is 0.182. The zero-order valence-corrected chi connectivity index (χ0v) is 9.04. The Morgan fingerprint density at radius 3 is 2.62 bits per heavy atom. The van der Waals surface area contributed by atoms with E-state index in [0.717, 1.165) is 0 Å². The molecule has 82 valence electrons. The summed E-state index contributed by atoms with van der Waals surface area (Å²) >= 11 is 0. The molecule has 0 aliphatic carbocycles. The maximum Gasteiger partial charge on any atom is 0.302 e. The van der Waals surface area contributed by atoms with Gasteiger partial charge in [0, 0.05) is 0 Å². The number of hydrogen-bond acceptors (Lipinski definition) is 4. The molecule has 0 fully saturated rings. The van der Waals surface area contributed by atoms with Crippen molar-refractivity contribution < 1.29 is 9.63 Å². The molecule has 2 rings (SSSR count). The highest BCUT2D eigenvalue weighted by molar-refractivity contribution is 6.71. The summed E-state index contributed by atoms with van der Waals surface area (Å²) < 4.78 is 0. The minimum atomic E-state index is -0.273. The lowest BCUT2D eigenvalue weighted by Gasteiger charge is -2.10. The maximum absolute atomic E-state index is 11.9. The van der Waals surface area contributed by atoms with Crippen molar-refractivity contribution in [3.05, 3.63) is 30.3 Å². The molecule has 0 bridgehead atoms. The maximum atomic E-state index is 11.9. The van der Waals surface area contributed by atoms with Crippen LogP contribution in [-0.4, -0.2) is 24.4 Å². The minimum absolute atomic E-state index is 0.242. The van der Waals surface area contributed by atoms with Crippen molar-refractivity contribution in [1.82, 2.24) is 0 Å². The lowest BCUT2D eigenvalue weighted by molar-refractivity contribution is -0.112. The summed E-state index contributed by atoms with van der Waals surface area (Å²) in [5.41, 5.74) is 1.51. The Balaban J connectivity index is 2.35. The van der Waals surface area contributed by atoms with Gasteiger partial charge in [-0.3, -0.25) is 4.79 Å². The Labute approximate surface area is 93.0 Å². The molecule has 0 N–H and O–H groups in total. The number of hydrogen-bond donors (Lipinski definition) is 0. The van der Waals surface area contributed by atoms with Crippen molar-refractivity contribution in [2.75, 3.05) is 12.1 Å². The first kappa shape index (κ1) is 10.4. The molecule has 1 amide bonds. The van der Waals surface area contributed by atoms with Crippen molar-refractivity contribution in [2.45, 2.75) is 6.92 Å². The number of oxime groups is 1. The van der Waals surface area contributed by atoms with Gasteiger partial charge in [0.05, 0.1) is 11.4 Å². The predicted molar refractivity (Wildman–Crippen MR) is 61.5 cm³/mol. The van der Waals surface area contributed by atoms with Crippen LogP contribution >= 0.6 is 0 Å². The van der Waals surface area contributed by atoms with Crippen LogP contribution < -0.4 is 5.01 Å². The summed E-state index contributed by atoms with van der Waals surface area (Å²) in [7, 11) is 1.40. The van der Waals surface area contributed by atoms with Gasteiger partial charge in [-0.1, -0.05) is 23.4 Å². The Bertz CT molecular complexity index is 465. The number of carbonyl (C=O) groups is 1. The zero-order chi connectivity index (χ0) is 11.5. The van der Waals surface area contributed by atoms with Crippen LogP contribution in [0.3, 0.4) is 0 Å². The lowest BCUT2D eigenvalue weighted by Crippen LogP contribution is -2.27. The van der Waals surface area contributed by atoms with Crippen molar-refractivity contribution in [2.24, 2.45) is 10.3 Å². The number of carbonyl (C=O) groups excluding carboxylic acids is 1. The average Bonchev–Trinajstić information content (AvgIpc) is 2.59. The molecule has 1 aliphatic rings. The Morgan fingerprint density at radius 1 is 1.31 bits per heavy atom. The Morgan fingerprint density at radius 2 is 2.00 bits per heavy atom. The van der Waals surface area contributed by atoms with E-state index in [1.807, 2.05) is 30.3 Å². The Hall–Kier alpha value is -2.17. The molecule has 5 nitrogen and oxygen atoms in total. The molecule has 1 aromatic carbocycles. The second-order valence-electron chi connectivity index (χ2n) is 3.26. The van der Waals surface area contributed by atoms with E-state index in [2.05, 4.69) is 15.1 Å². The number of nitrogens with zero attached hydrogens (tertiary/aromatic N) is 3. The van der Waals surface area contributed by atoms with E-state index < -0.39 is 0 Å². The average molecular weight is 217 g/mol. The number of hydrazone groups is 1. The fourth-order valence-corrected chi connectivity index (χ4v) is 1.44. The van der Waals surface area contributed by atoms with Gasteiger partial charge in [0.25, 0.3) is 0 Å². The molecule has 1 heterocycles. The second kappa shape index (κ2) is 4.14. The van der Waals surface area contributed by atoms with E-state index in [0.29, 0.717) is 11.4 Å². The minimum Gasteiger partial charge on any atom is -0.398 e. The quantitative estimate of drug-likeness (QED) is 0.703. The highest BCUT2D eigenvalue weighted by Crippen LogP contribution is 2.18. The monoisotopic (exact) mass is 217 g/mol. The normalized spacial score (nSPS) is 17.9. The molecule has 0 saturated carbocycles. The van der Waals surface area contributed by atoms with Gasteiger partial charge in [0.2, 0.25) is 0 Å². The van der Waals surface area contributed by atoms with Crippen LogP contribution in [0.1, 0.15) is 6.92 Å². The largest absolute Gasteiger partial charge is 0.398 e. The van der Waals surface area contributed by atoms with Crippen molar-refractivity contribution in [3.63, 3.8) is 0 Å². The third kappa shape index (κ3) is 1.67. The van der Waals surface area contributed by atoms with Crippen LogP contribution in [-0.2, 0) is 9.63 Å². The summed E-state index contributed by atoms with van der Waals surface area (Å²) in [5, 5.41) is 9.10. The third-order valence-electron chi connectivity index (χ3n) is 2.17. The number of benzene rings is 1. The molecule has 16 heavy (non-hydrogen) atoms. The predicted octanol–water partition coefficient (Wildman–Crippen LogP) is 1.41. The van der Waals surface area contributed by atoms with Crippen LogP contribution in [0.2, 0.25) is 0 Å². The highest BCUT2D eigenvalue weighted by atomic mass is 16.6. The smallest absolute Gasteiger partial charge is 0.302 e. The van der Waals surface area contributed by atoms with Crippen LogP contribution in [0, 0.1) is 0 Å². The molecule has 1 aliphatic heterocycles. The van der Waals surface area contributed by atoms with Gasteiger partial charge in [-0.25, -0.2) is 0 Å². The number of amides is 1. The second-order valence-corrected chi connectivity index (χ2v) is 3.26. The molecule has 0 atom stereocenters. The van der Waals surface area contributed by atoms with Crippen LogP contribution in [0.25, 0.3) is 0 Å². The van der Waals surface area contributed by atoms with E-state index in [4.69, 9.17) is 0 Å². The van der Waals surface area contributed by atoms with Crippen molar-refractivity contribution >= 4 is 23.0 Å². The lowest BCUT2D eigenvalue weighted by atomic mass is 10.2. The first-order chi connectivity index (χ1) is 7.74. The summed E-state index contributed by atoms with van der Waals surface area (Å²) in [6.45, 7) is 1.72. The van der Waals surface area contributed by atoms with Gasteiger partial charge in [0.15, 0.2) is 5.71 Å².